The van der Waals surface area contributed by atoms with Crippen LogP contribution in [-0.2, 0) is 21.2 Å². The Labute approximate surface area is 156 Å². The molecule has 0 unspecified atom stereocenters. The minimum Gasteiger partial charge on any atom is -0.435 e. The predicted molar refractivity (Wildman–Crippen MR) is 93.8 cm³/mol. The molecule has 0 aliphatic rings. The number of halogens is 2. The van der Waals surface area contributed by atoms with Crippen molar-refractivity contribution >= 4 is 15.9 Å². The van der Waals surface area contributed by atoms with E-state index in [-0.39, 0.29) is 23.7 Å². The maximum Gasteiger partial charge on any atom is 0.387 e. The highest BCUT2D eigenvalue weighted by Gasteiger charge is 2.22. The van der Waals surface area contributed by atoms with E-state index in [0.29, 0.717) is 6.42 Å². The Bertz CT molecular complexity index is 846. The van der Waals surface area contributed by atoms with Crippen molar-refractivity contribution in [1.29, 1.82) is 0 Å². The van der Waals surface area contributed by atoms with Crippen LogP contribution in [0.5, 0.6) is 5.75 Å². The lowest BCUT2D eigenvalue weighted by molar-refractivity contribution is -0.121. The Kier molecular flexibility index (Phi) is 7.19. The Morgan fingerprint density at radius 2 is 1.96 bits per heavy atom. The van der Waals surface area contributed by atoms with Crippen molar-refractivity contribution in [2.24, 2.45) is 0 Å². The molecule has 2 rings (SSSR count). The molecule has 0 saturated heterocycles. The third-order valence-electron chi connectivity index (χ3n) is 3.59. The molecular weight excluding hydrogens is 380 g/mol. The molecule has 0 aliphatic carbocycles. The molecule has 10 heteroatoms. The summed E-state index contributed by atoms with van der Waals surface area (Å²) in [5.74, 6) is -0.400. The van der Waals surface area contributed by atoms with Crippen molar-refractivity contribution in [3.63, 3.8) is 0 Å². The molecule has 0 radical (unpaired) electrons. The van der Waals surface area contributed by atoms with Gasteiger partial charge in [0.05, 0.1) is 6.54 Å². The van der Waals surface area contributed by atoms with Gasteiger partial charge in [-0.25, -0.2) is 8.42 Å². The van der Waals surface area contributed by atoms with Crippen molar-refractivity contribution in [3.8, 4) is 5.75 Å². The average molecular weight is 399 g/mol. The molecule has 1 N–H and O–H groups in total. The van der Waals surface area contributed by atoms with Gasteiger partial charge in [-0.2, -0.15) is 13.1 Å². The molecule has 0 bridgehead atoms. The third kappa shape index (κ3) is 6.26. The standard InChI is InChI=1S/C17H19F2N3O4S/c1-22(27(24,25)15-3-2-9-20-11-15)12-16(23)21-10-8-13-4-6-14(7-5-13)26-17(18)19/h2-7,9,11,17H,8,10,12H2,1H3,(H,21,23). The first-order valence-corrected chi connectivity index (χ1v) is 9.40. The zero-order valence-corrected chi connectivity index (χ0v) is 15.3. The minimum absolute atomic E-state index is 0.00593. The van der Waals surface area contributed by atoms with E-state index in [1.807, 2.05) is 0 Å². The van der Waals surface area contributed by atoms with Crippen LogP contribution in [-0.4, -0.2) is 50.4 Å². The van der Waals surface area contributed by atoms with Crippen LogP contribution >= 0.6 is 0 Å². The molecule has 0 spiro atoms. The highest BCUT2D eigenvalue weighted by Crippen LogP contribution is 2.15. The molecule has 1 amide bonds. The summed E-state index contributed by atoms with van der Waals surface area (Å²) in [5.41, 5.74) is 0.813. The third-order valence-corrected chi connectivity index (χ3v) is 5.38. The molecule has 0 atom stereocenters. The lowest BCUT2D eigenvalue weighted by Gasteiger charge is -2.16. The Morgan fingerprint density at radius 3 is 2.56 bits per heavy atom. The smallest absolute Gasteiger partial charge is 0.387 e. The number of carbonyl (C=O) groups is 1. The van der Waals surface area contributed by atoms with Gasteiger partial charge < -0.3 is 10.1 Å². The maximum atomic E-state index is 12.3. The van der Waals surface area contributed by atoms with Gasteiger partial charge in [0.1, 0.15) is 10.6 Å². The molecule has 1 aromatic heterocycles. The molecule has 0 saturated carbocycles. The van der Waals surface area contributed by atoms with Crippen molar-refractivity contribution in [3.05, 3.63) is 54.4 Å². The Hall–Kier alpha value is -2.59. The van der Waals surface area contributed by atoms with Crippen LogP contribution in [0.15, 0.2) is 53.7 Å². The lowest BCUT2D eigenvalue weighted by Crippen LogP contribution is -2.39. The van der Waals surface area contributed by atoms with E-state index in [0.717, 1.165) is 9.87 Å². The van der Waals surface area contributed by atoms with Crippen LogP contribution in [0.2, 0.25) is 0 Å². The number of alkyl halides is 2. The highest BCUT2D eigenvalue weighted by molar-refractivity contribution is 7.89. The van der Waals surface area contributed by atoms with Crippen LogP contribution < -0.4 is 10.1 Å². The first-order valence-electron chi connectivity index (χ1n) is 7.96. The second-order valence-electron chi connectivity index (χ2n) is 5.57. The van der Waals surface area contributed by atoms with Crippen molar-refractivity contribution in [2.75, 3.05) is 20.1 Å². The SMILES string of the molecule is CN(CC(=O)NCCc1ccc(OC(F)F)cc1)S(=O)(=O)c1cccnc1. The number of pyridine rings is 1. The molecule has 2 aromatic rings. The Balaban J connectivity index is 1.80. The number of ether oxygens (including phenoxy) is 1. The van der Waals surface area contributed by atoms with E-state index >= 15 is 0 Å². The number of amides is 1. The monoisotopic (exact) mass is 399 g/mol. The normalized spacial score (nSPS) is 11.6. The van der Waals surface area contributed by atoms with Crippen LogP contribution in [0, 0.1) is 0 Å². The number of likely N-dealkylation sites (N-methyl/N-ethyl adjacent to an activating group) is 1. The van der Waals surface area contributed by atoms with E-state index in [4.69, 9.17) is 0 Å². The van der Waals surface area contributed by atoms with E-state index in [1.165, 1.54) is 43.7 Å². The number of rotatable bonds is 9. The minimum atomic E-state index is -3.79. The zero-order chi connectivity index (χ0) is 19.9. The van der Waals surface area contributed by atoms with Crippen molar-refractivity contribution in [1.82, 2.24) is 14.6 Å². The molecule has 7 nitrogen and oxygen atoms in total. The van der Waals surface area contributed by atoms with Gasteiger partial charge in [-0.1, -0.05) is 12.1 Å². The van der Waals surface area contributed by atoms with Gasteiger partial charge in [-0.15, -0.1) is 0 Å². The van der Waals surface area contributed by atoms with Gasteiger partial charge in [0, 0.05) is 26.0 Å². The average Bonchev–Trinajstić information content (AvgIpc) is 2.63. The van der Waals surface area contributed by atoms with Gasteiger partial charge in [-0.05, 0) is 36.2 Å². The topological polar surface area (TPSA) is 88.6 Å². The fourth-order valence-corrected chi connectivity index (χ4v) is 3.30. The van der Waals surface area contributed by atoms with E-state index in [1.54, 1.807) is 12.1 Å². The molecular formula is C17H19F2N3O4S. The van der Waals surface area contributed by atoms with Gasteiger partial charge in [0.15, 0.2) is 0 Å². The van der Waals surface area contributed by atoms with Gasteiger partial charge in [0.2, 0.25) is 15.9 Å². The van der Waals surface area contributed by atoms with Crippen LogP contribution in [0.3, 0.4) is 0 Å². The van der Waals surface area contributed by atoms with E-state index < -0.39 is 22.5 Å². The largest absolute Gasteiger partial charge is 0.435 e. The summed E-state index contributed by atoms with van der Waals surface area (Å²) in [7, 11) is -2.48. The van der Waals surface area contributed by atoms with Gasteiger partial charge >= 0.3 is 6.61 Å². The zero-order valence-electron chi connectivity index (χ0n) is 14.5. The maximum absolute atomic E-state index is 12.3. The first-order chi connectivity index (χ1) is 12.8. The highest BCUT2D eigenvalue weighted by atomic mass is 32.2. The van der Waals surface area contributed by atoms with E-state index in [2.05, 4.69) is 15.0 Å². The van der Waals surface area contributed by atoms with Gasteiger partial charge in [0.25, 0.3) is 0 Å². The summed E-state index contributed by atoms with van der Waals surface area (Å²) in [6.07, 6.45) is 3.13. The first kappa shape index (κ1) is 20.7. The number of benzene rings is 1. The molecule has 27 heavy (non-hydrogen) atoms. The fraction of sp³-hybridized carbons (Fsp3) is 0.294. The summed E-state index contributed by atoms with van der Waals surface area (Å²) >= 11 is 0. The number of nitrogens with zero attached hydrogens (tertiary/aromatic N) is 2. The lowest BCUT2D eigenvalue weighted by atomic mass is 10.1. The second kappa shape index (κ2) is 9.38. The molecule has 1 aromatic carbocycles. The molecule has 1 heterocycles. The second-order valence-corrected chi connectivity index (χ2v) is 7.62. The summed E-state index contributed by atoms with van der Waals surface area (Å²) in [5, 5.41) is 2.62. The quantitative estimate of drug-likeness (QED) is 0.693. The van der Waals surface area contributed by atoms with Crippen LogP contribution in [0.4, 0.5) is 8.78 Å². The van der Waals surface area contributed by atoms with Crippen molar-refractivity contribution < 1.29 is 26.7 Å². The summed E-state index contributed by atoms with van der Waals surface area (Å²) in [6, 6.07) is 8.96. The summed E-state index contributed by atoms with van der Waals surface area (Å²) in [6.45, 7) is -2.94. The van der Waals surface area contributed by atoms with E-state index in [9.17, 15) is 22.0 Å². The van der Waals surface area contributed by atoms with Crippen molar-refractivity contribution in [2.45, 2.75) is 17.9 Å². The number of hydrogen-bond acceptors (Lipinski definition) is 5. The number of carbonyl (C=O) groups excluding carboxylic acids is 1. The van der Waals surface area contributed by atoms with Crippen LogP contribution in [0.1, 0.15) is 5.56 Å². The number of sulfonamides is 1. The molecule has 0 aliphatic heterocycles. The molecule has 146 valence electrons. The van der Waals surface area contributed by atoms with Gasteiger partial charge in [-0.3, -0.25) is 9.78 Å². The number of aromatic nitrogens is 1. The van der Waals surface area contributed by atoms with Crippen LogP contribution in [0.25, 0.3) is 0 Å². The molecule has 0 fully saturated rings. The Morgan fingerprint density at radius 1 is 1.26 bits per heavy atom. The number of hydrogen-bond donors (Lipinski definition) is 1. The number of nitrogens with one attached hydrogen (secondary N) is 1. The predicted octanol–water partition coefficient (Wildman–Crippen LogP) is 1.66. The summed E-state index contributed by atoms with van der Waals surface area (Å²) in [4.78, 5) is 15.7. The fourth-order valence-electron chi connectivity index (χ4n) is 2.21. The summed E-state index contributed by atoms with van der Waals surface area (Å²) < 4.78 is 54.0.